The fourth-order valence-electron chi connectivity index (χ4n) is 3.97. The van der Waals surface area contributed by atoms with Gasteiger partial charge in [-0.15, -0.1) is 0 Å². The van der Waals surface area contributed by atoms with Gasteiger partial charge in [0.2, 0.25) is 20.0 Å². The first-order valence-electron chi connectivity index (χ1n) is 10.1. The average Bonchev–Trinajstić information content (AvgIpc) is 3.59. The van der Waals surface area contributed by atoms with Crippen molar-refractivity contribution in [3.8, 4) is 5.75 Å². The van der Waals surface area contributed by atoms with Crippen LogP contribution in [0.3, 0.4) is 0 Å². The minimum absolute atomic E-state index is 0.0185. The van der Waals surface area contributed by atoms with Crippen molar-refractivity contribution < 1.29 is 21.6 Å². The summed E-state index contributed by atoms with van der Waals surface area (Å²) in [5.74, 6) is 0.596. The molecule has 7 nitrogen and oxygen atoms in total. The van der Waals surface area contributed by atoms with E-state index in [1.165, 1.54) is 23.5 Å². The van der Waals surface area contributed by atoms with Gasteiger partial charge in [-0.2, -0.15) is 8.61 Å². The molecule has 1 heterocycles. The van der Waals surface area contributed by atoms with Gasteiger partial charge in [-0.1, -0.05) is 18.2 Å². The third kappa shape index (κ3) is 4.12. The predicted molar refractivity (Wildman–Crippen MR) is 113 cm³/mol. The molecule has 1 saturated heterocycles. The molecule has 1 aliphatic heterocycles. The summed E-state index contributed by atoms with van der Waals surface area (Å²) in [6, 6.07) is 14.6. The maximum absolute atomic E-state index is 13.3. The van der Waals surface area contributed by atoms with Crippen LogP contribution in [0.2, 0.25) is 0 Å². The van der Waals surface area contributed by atoms with Gasteiger partial charge in [-0.3, -0.25) is 0 Å². The van der Waals surface area contributed by atoms with Gasteiger partial charge >= 0.3 is 0 Å². The molecule has 2 aromatic rings. The summed E-state index contributed by atoms with van der Waals surface area (Å²) in [6.07, 6.45) is 2.68. The third-order valence-corrected chi connectivity index (χ3v) is 9.64. The summed E-state index contributed by atoms with van der Waals surface area (Å²) in [5, 5.41) is 0. The highest BCUT2D eigenvalue weighted by molar-refractivity contribution is 7.89. The molecule has 0 bridgehead atoms. The molecule has 0 unspecified atom stereocenters. The molecule has 1 aliphatic carbocycles. The van der Waals surface area contributed by atoms with Crippen LogP contribution in [0.4, 0.5) is 0 Å². The summed E-state index contributed by atoms with van der Waals surface area (Å²) in [5.41, 5.74) is 0. The molecule has 2 aromatic carbocycles. The van der Waals surface area contributed by atoms with E-state index in [1.54, 1.807) is 46.8 Å². The van der Waals surface area contributed by atoms with Crippen LogP contribution in [-0.4, -0.2) is 57.7 Å². The van der Waals surface area contributed by atoms with Crippen LogP contribution in [-0.2, 0) is 20.0 Å². The van der Waals surface area contributed by atoms with Crippen molar-refractivity contribution in [3.63, 3.8) is 0 Å². The first-order valence-corrected chi connectivity index (χ1v) is 12.9. The SMILES string of the molecule is COc1ccc(S(=O)(=O)N2CCC(N(C3CC3)S(=O)(=O)c3ccccc3)CC2)cc1. The van der Waals surface area contributed by atoms with Crippen LogP contribution in [0, 0.1) is 0 Å². The molecule has 4 rings (SSSR count). The van der Waals surface area contributed by atoms with Crippen molar-refractivity contribution in [2.75, 3.05) is 20.2 Å². The van der Waals surface area contributed by atoms with E-state index in [1.807, 2.05) is 0 Å². The predicted octanol–water partition coefficient (Wildman–Crippen LogP) is 2.70. The second-order valence-electron chi connectivity index (χ2n) is 7.69. The maximum atomic E-state index is 13.3. The molecular weight excluding hydrogens is 424 g/mol. The van der Waals surface area contributed by atoms with Gasteiger partial charge < -0.3 is 4.74 Å². The summed E-state index contributed by atoms with van der Waals surface area (Å²) in [6.45, 7) is 0.596. The highest BCUT2D eigenvalue weighted by Gasteiger charge is 2.44. The minimum Gasteiger partial charge on any atom is -0.497 e. The molecular formula is C21H26N2O5S2. The zero-order valence-corrected chi connectivity index (χ0v) is 18.5. The van der Waals surface area contributed by atoms with Crippen LogP contribution in [0.1, 0.15) is 25.7 Å². The Morgan fingerprint density at radius 2 is 1.37 bits per heavy atom. The zero-order chi connectivity index (χ0) is 21.4. The van der Waals surface area contributed by atoms with Gasteiger partial charge in [0.25, 0.3) is 0 Å². The molecule has 30 heavy (non-hydrogen) atoms. The molecule has 2 aliphatic rings. The van der Waals surface area contributed by atoms with Crippen LogP contribution in [0.25, 0.3) is 0 Å². The molecule has 0 radical (unpaired) electrons. The first-order chi connectivity index (χ1) is 14.3. The second-order valence-corrected chi connectivity index (χ2v) is 11.5. The van der Waals surface area contributed by atoms with Crippen LogP contribution >= 0.6 is 0 Å². The van der Waals surface area contributed by atoms with E-state index in [9.17, 15) is 16.8 Å². The molecule has 2 fully saturated rings. The third-order valence-electron chi connectivity index (χ3n) is 5.71. The summed E-state index contributed by atoms with van der Waals surface area (Å²) >= 11 is 0. The van der Waals surface area contributed by atoms with Crippen molar-refractivity contribution in [2.45, 2.75) is 47.6 Å². The fraction of sp³-hybridized carbons (Fsp3) is 0.429. The Kier molecular flexibility index (Phi) is 5.89. The standard InChI is InChI=1S/C21H26N2O5S2/c1-28-19-9-11-21(12-10-19)29(24,25)22-15-13-18(14-16-22)23(17-7-8-17)30(26,27)20-5-3-2-4-6-20/h2-6,9-12,17-18H,7-8,13-16H2,1H3. The number of hydrogen-bond donors (Lipinski definition) is 0. The molecule has 0 amide bonds. The van der Waals surface area contributed by atoms with Crippen molar-refractivity contribution in [1.82, 2.24) is 8.61 Å². The smallest absolute Gasteiger partial charge is 0.243 e. The number of nitrogens with zero attached hydrogens (tertiary/aromatic N) is 2. The lowest BCUT2D eigenvalue weighted by Gasteiger charge is -2.37. The topological polar surface area (TPSA) is 84.0 Å². The van der Waals surface area contributed by atoms with E-state index in [4.69, 9.17) is 4.74 Å². The molecule has 0 spiro atoms. The molecule has 0 N–H and O–H groups in total. The van der Waals surface area contributed by atoms with Gasteiger partial charge in [0.15, 0.2) is 0 Å². The van der Waals surface area contributed by atoms with Gasteiger partial charge in [-0.05, 0) is 62.1 Å². The molecule has 0 atom stereocenters. The van der Waals surface area contributed by atoms with Gasteiger partial charge in [-0.25, -0.2) is 16.8 Å². The van der Waals surface area contributed by atoms with Crippen molar-refractivity contribution >= 4 is 20.0 Å². The molecule has 162 valence electrons. The zero-order valence-electron chi connectivity index (χ0n) is 16.8. The van der Waals surface area contributed by atoms with Gasteiger partial charge in [0.1, 0.15) is 5.75 Å². The Bertz CT molecular complexity index is 1070. The molecule has 0 aromatic heterocycles. The first kappa shape index (κ1) is 21.3. The van der Waals surface area contributed by atoms with E-state index in [0.29, 0.717) is 36.6 Å². The summed E-state index contributed by atoms with van der Waals surface area (Å²) in [4.78, 5) is 0.517. The van der Waals surface area contributed by atoms with E-state index < -0.39 is 20.0 Å². The lowest BCUT2D eigenvalue weighted by molar-refractivity contribution is 0.211. The fourth-order valence-corrected chi connectivity index (χ4v) is 7.39. The van der Waals surface area contributed by atoms with Crippen molar-refractivity contribution in [3.05, 3.63) is 54.6 Å². The Morgan fingerprint density at radius 1 is 0.800 bits per heavy atom. The number of hydrogen-bond acceptors (Lipinski definition) is 5. The minimum atomic E-state index is -3.62. The van der Waals surface area contributed by atoms with Crippen LogP contribution in [0.15, 0.2) is 64.4 Å². The van der Waals surface area contributed by atoms with Gasteiger partial charge in [0, 0.05) is 25.2 Å². The number of rotatable bonds is 7. The van der Waals surface area contributed by atoms with E-state index in [-0.39, 0.29) is 17.0 Å². The lowest BCUT2D eigenvalue weighted by atomic mass is 10.1. The average molecular weight is 451 g/mol. The normalized spacial score (nSPS) is 19.1. The summed E-state index contributed by atoms with van der Waals surface area (Å²) < 4.78 is 60.7. The monoisotopic (exact) mass is 450 g/mol. The van der Waals surface area contributed by atoms with Crippen molar-refractivity contribution in [2.24, 2.45) is 0 Å². The Morgan fingerprint density at radius 3 is 1.90 bits per heavy atom. The van der Waals surface area contributed by atoms with Gasteiger partial charge in [0.05, 0.1) is 16.9 Å². The Hall–Kier alpha value is -1.94. The number of methoxy groups -OCH3 is 1. The quantitative estimate of drug-likeness (QED) is 0.648. The number of benzene rings is 2. The number of ether oxygens (including phenoxy) is 1. The Balaban J connectivity index is 1.50. The highest BCUT2D eigenvalue weighted by atomic mass is 32.2. The van der Waals surface area contributed by atoms with E-state index >= 15 is 0 Å². The number of piperidine rings is 1. The van der Waals surface area contributed by atoms with E-state index in [2.05, 4.69) is 0 Å². The molecule has 9 heteroatoms. The number of sulfonamides is 2. The van der Waals surface area contributed by atoms with Crippen LogP contribution < -0.4 is 4.74 Å². The maximum Gasteiger partial charge on any atom is 0.243 e. The molecule has 1 saturated carbocycles. The summed E-state index contributed by atoms with van der Waals surface area (Å²) in [7, 11) is -5.69. The largest absolute Gasteiger partial charge is 0.497 e. The lowest BCUT2D eigenvalue weighted by Crippen LogP contribution is -2.49. The van der Waals surface area contributed by atoms with Crippen molar-refractivity contribution in [1.29, 1.82) is 0 Å². The second kappa shape index (κ2) is 8.30. The van der Waals surface area contributed by atoms with Crippen LogP contribution in [0.5, 0.6) is 5.75 Å². The van der Waals surface area contributed by atoms with E-state index in [0.717, 1.165) is 12.8 Å². The highest BCUT2D eigenvalue weighted by Crippen LogP contribution is 2.37. The Labute approximate surface area is 178 Å².